The van der Waals surface area contributed by atoms with Gasteiger partial charge in [0, 0.05) is 12.3 Å². The maximum atomic E-state index is 11.3. The summed E-state index contributed by atoms with van der Waals surface area (Å²) in [5, 5.41) is 19.0. The number of aromatic amines is 1. The van der Waals surface area contributed by atoms with Gasteiger partial charge in [-0.3, -0.25) is 4.57 Å². The molecular weight excluding hydrogens is 238 g/mol. The number of hydrogen-bond acceptors (Lipinski definition) is 5. The zero-order chi connectivity index (χ0) is 12.7. The molecule has 0 radical (unpaired) electrons. The van der Waals surface area contributed by atoms with Crippen LogP contribution in [0.15, 0.2) is 9.95 Å². The van der Waals surface area contributed by atoms with E-state index >= 15 is 0 Å². The Hall–Kier alpha value is -1.26. The number of H-pyrrole nitrogens is 1. The number of nitriles is 1. The molecular formula is C10H17N5OS. The number of aromatic nitrogens is 3. The number of nitrogens with one attached hydrogen (secondary N) is 2. The third kappa shape index (κ3) is 3.91. The molecule has 17 heavy (non-hydrogen) atoms. The Morgan fingerprint density at radius 2 is 2.41 bits per heavy atom. The molecule has 7 heteroatoms. The van der Waals surface area contributed by atoms with Crippen LogP contribution in [0.3, 0.4) is 0 Å². The summed E-state index contributed by atoms with van der Waals surface area (Å²) in [5.41, 5.74) is -0.182. The van der Waals surface area contributed by atoms with Crippen LogP contribution in [-0.2, 0) is 6.54 Å². The van der Waals surface area contributed by atoms with Gasteiger partial charge in [0.05, 0.1) is 12.1 Å². The summed E-state index contributed by atoms with van der Waals surface area (Å²) in [6.45, 7) is 5.26. The molecule has 0 amide bonds. The minimum atomic E-state index is -0.182. The van der Waals surface area contributed by atoms with Gasteiger partial charge in [-0.1, -0.05) is 18.7 Å². The zero-order valence-electron chi connectivity index (χ0n) is 10.1. The Morgan fingerprint density at radius 1 is 1.65 bits per heavy atom. The lowest BCUT2D eigenvalue weighted by Gasteiger charge is -2.08. The second-order valence-corrected chi connectivity index (χ2v) is 4.49. The quantitative estimate of drug-likeness (QED) is 0.696. The van der Waals surface area contributed by atoms with Crippen molar-refractivity contribution >= 4 is 11.8 Å². The van der Waals surface area contributed by atoms with E-state index in [1.807, 2.05) is 13.8 Å². The number of nitrogens with zero attached hydrogens (tertiary/aromatic N) is 3. The third-order valence-corrected chi connectivity index (χ3v) is 3.29. The van der Waals surface area contributed by atoms with E-state index in [1.165, 1.54) is 11.8 Å². The fourth-order valence-corrected chi connectivity index (χ4v) is 2.43. The normalized spacial score (nSPS) is 12.3. The molecule has 6 nitrogen and oxygen atoms in total. The maximum Gasteiger partial charge on any atom is 0.343 e. The first-order chi connectivity index (χ1) is 8.22. The third-order valence-electron chi connectivity index (χ3n) is 2.28. The molecule has 1 aromatic rings. The lowest BCUT2D eigenvalue weighted by Crippen LogP contribution is -2.27. The van der Waals surface area contributed by atoms with Crippen LogP contribution < -0.4 is 11.0 Å². The molecule has 1 atom stereocenters. The molecule has 1 heterocycles. The van der Waals surface area contributed by atoms with E-state index in [0.717, 1.165) is 18.7 Å². The second kappa shape index (κ2) is 7.14. The molecule has 0 aliphatic rings. The summed E-state index contributed by atoms with van der Waals surface area (Å²) in [5.74, 6) is 0.759. The summed E-state index contributed by atoms with van der Waals surface area (Å²) < 4.78 is 1.58. The summed E-state index contributed by atoms with van der Waals surface area (Å²) in [4.78, 5) is 11.3. The molecule has 94 valence electrons. The highest BCUT2D eigenvalue weighted by Gasteiger charge is 2.09. The van der Waals surface area contributed by atoms with Crippen LogP contribution in [-0.4, -0.2) is 33.1 Å². The number of hydrogen-bond donors (Lipinski definition) is 2. The van der Waals surface area contributed by atoms with Crippen molar-refractivity contribution in [3.8, 4) is 6.07 Å². The predicted octanol–water partition coefficient (Wildman–Crippen LogP) is 0.575. The van der Waals surface area contributed by atoms with E-state index in [1.54, 1.807) is 4.57 Å². The lowest BCUT2D eigenvalue weighted by atomic mass is 10.2. The van der Waals surface area contributed by atoms with Crippen molar-refractivity contribution in [2.75, 3.05) is 12.3 Å². The van der Waals surface area contributed by atoms with E-state index in [9.17, 15) is 4.79 Å². The van der Waals surface area contributed by atoms with Crippen molar-refractivity contribution in [3.05, 3.63) is 10.5 Å². The molecule has 1 rings (SSSR count). The Kier molecular flexibility index (Phi) is 5.80. The molecule has 1 unspecified atom stereocenters. The van der Waals surface area contributed by atoms with Crippen LogP contribution in [0.1, 0.15) is 20.3 Å². The van der Waals surface area contributed by atoms with Gasteiger partial charge in [-0.15, -0.1) is 5.10 Å². The van der Waals surface area contributed by atoms with Crippen LogP contribution in [0.25, 0.3) is 0 Å². The van der Waals surface area contributed by atoms with Crippen LogP contribution in [0, 0.1) is 11.3 Å². The average Bonchev–Trinajstić information content (AvgIpc) is 2.68. The first kappa shape index (κ1) is 13.8. The molecule has 1 aromatic heterocycles. The summed E-state index contributed by atoms with van der Waals surface area (Å²) in [6, 6.07) is 2.07. The average molecular weight is 255 g/mol. The van der Waals surface area contributed by atoms with Gasteiger partial charge in [0.15, 0.2) is 5.16 Å². The van der Waals surface area contributed by atoms with E-state index in [-0.39, 0.29) is 11.7 Å². The van der Waals surface area contributed by atoms with E-state index in [4.69, 9.17) is 5.26 Å². The Labute approximate surface area is 104 Å². The molecule has 0 aliphatic carbocycles. The van der Waals surface area contributed by atoms with Gasteiger partial charge in [-0.2, -0.15) is 5.26 Å². The standard InChI is InChI=1S/C10H17N5OS/c1-3-12-8(7-11)5-6-17-10-14-13-9(16)15(10)4-2/h8,12H,3-6H2,1-2H3,(H,13,16). The van der Waals surface area contributed by atoms with Gasteiger partial charge in [0.25, 0.3) is 0 Å². The van der Waals surface area contributed by atoms with Crippen molar-refractivity contribution in [1.82, 2.24) is 20.1 Å². The highest BCUT2D eigenvalue weighted by molar-refractivity contribution is 7.99. The summed E-state index contributed by atoms with van der Waals surface area (Å²) in [7, 11) is 0. The highest BCUT2D eigenvalue weighted by atomic mass is 32.2. The first-order valence-corrected chi connectivity index (χ1v) is 6.62. The molecule has 2 N–H and O–H groups in total. The van der Waals surface area contributed by atoms with Crippen LogP contribution in [0.2, 0.25) is 0 Å². The Balaban J connectivity index is 2.45. The van der Waals surface area contributed by atoms with Crippen LogP contribution >= 0.6 is 11.8 Å². The molecule has 0 bridgehead atoms. The smallest absolute Gasteiger partial charge is 0.302 e. The van der Waals surface area contributed by atoms with Crippen molar-refractivity contribution in [3.63, 3.8) is 0 Å². The van der Waals surface area contributed by atoms with Crippen molar-refractivity contribution < 1.29 is 0 Å². The van der Waals surface area contributed by atoms with Gasteiger partial charge < -0.3 is 5.32 Å². The maximum absolute atomic E-state index is 11.3. The molecule has 0 spiro atoms. The lowest BCUT2D eigenvalue weighted by molar-refractivity contribution is 0.611. The minimum absolute atomic E-state index is 0.131. The van der Waals surface area contributed by atoms with Crippen molar-refractivity contribution in [2.24, 2.45) is 0 Å². The predicted molar refractivity (Wildman–Crippen MR) is 66.9 cm³/mol. The van der Waals surface area contributed by atoms with E-state index in [2.05, 4.69) is 21.6 Å². The number of thioether (sulfide) groups is 1. The molecule has 0 aliphatic heterocycles. The molecule has 0 saturated carbocycles. The Bertz CT molecular complexity index is 433. The Morgan fingerprint density at radius 3 is 3.00 bits per heavy atom. The fraction of sp³-hybridized carbons (Fsp3) is 0.700. The van der Waals surface area contributed by atoms with Crippen LogP contribution in [0.4, 0.5) is 0 Å². The molecule has 0 fully saturated rings. The van der Waals surface area contributed by atoms with Gasteiger partial charge in [0.1, 0.15) is 0 Å². The second-order valence-electron chi connectivity index (χ2n) is 3.43. The largest absolute Gasteiger partial charge is 0.343 e. The van der Waals surface area contributed by atoms with E-state index < -0.39 is 0 Å². The van der Waals surface area contributed by atoms with Crippen molar-refractivity contribution in [2.45, 2.75) is 38.0 Å². The molecule has 0 aromatic carbocycles. The SMILES string of the molecule is CCNC(C#N)CCSc1n[nH]c(=O)n1CC. The monoisotopic (exact) mass is 255 g/mol. The van der Waals surface area contributed by atoms with Gasteiger partial charge in [-0.25, -0.2) is 9.89 Å². The zero-order valence-corrected chi connectivity index (χ0v) is 10.9. The minimum Gasteiger partial charge on any atom is -0.302 e. The summed E-state index contributed by atoms with van der Waals surface area (Å²) >= 11 is 1.49. The van der Waals surface area contributed by atoms with Gasteiger partial charge in [0.2, 0.25) is 0 Å². The fourth-order valence-electron chi connectivity index (χ4n) is 1.42. The van der Waals surface area contributed by atoms with Crippen LogP contribution in [0.5, 0.6) is 0 Å². The first-order valence-electron chi connectivity index (χ1n) is 5.63. The van der Waals surface area contributed by atoms with Crippen molar-refractivity contribution in [1.29, 1.82) is 5.26 Å². The van der Waals surface area contributed by atoms with Gasteiger partial charge >= 0.3 is 5.69 Å². The van der Waals surface area contributed by atoms with E-state index in [0.29, 0.717) is 11.7 Å². The number of rotatable bonds is 7. The highest BCUT2D eigenvalue weighted by Crippen LogP contribution is 2.14. The summed E-state index contributed by atoms with van der Waals surface area (Å²) in [6.07, 6.45) is 0.736. The topological polar surface area (TPSA) is 86.5 Å². The van der Waals surface area contributed by atoms with Gasteiger partial charge in [-0.05, 0) is 19.9 Å². The molecule has 0 saturated heterocycles.